The summed E-state index contributed by atoms with van der Waals surface area (Å²) >= 11 is 4.27. The molecule has 1 heterocycles. The van der Waals surface area contributed by atoms with Crippen LogP contribution in [-0.4, -0.2) is 44.4 Å². The van der Waals surface area contributed by atoms with Crippen molar-refractivity contribution in [1.29, 1.82) is 0 Å². The molecule has 27 heavy (non-hydrogen) atoms. The van der Waals surface area contributed by atoms with Crippen molar-refractivity contribution in [3.63, 3.8) is 0 Å². The van der Waals surface area contributed by atoms with Gasteiger partial charge in [-0.1, -0.05) is 48.1 Å². The molecule has 2 nitrogen and oxygen atoms in total. The van der Waals surface area contributed by atoms with Crippen LogP contribution in [0.3, 0.4) is 0 Å². The third-order valence-electron chi connectivity index (χ3n) is 7.12. The summed E-state index contributed by atoms with van der Waals surface area (Å²) in [6.07, 6.45) is 2.44. The fourth-order valence-electron chi connectivity index (χ4n) is 3.15. The zero-order valence-electron chi connectivity index (χ0n) is 19.3. The van der Waals surface area contributed by atoms with Gasteiger partial charge in [0.05, 0.1) is 16.3 Å². The molecule has 0 bridgehead atoms. The second-order valence-electron chi connectivity index (χ2n) is 11.3. The molecule has 1 spiro atoms. The monoisotopic (exact) mass is 446 g/mol. The van der Waals surface area contributed by atoms with Crippen LogP contribution in [0.2, 0.25) is 36.3 Å². The van der Waals surface area contributed by atoms with E-state index >= 15 is 0 Å². The topological polar surface area (TPSA) is 18.5 Å². The zero-order chi connectivity index (χ0) is 20.9. The second kappa shape index (κ2) is 7.80. The van der Waals surface area contributed by atoms with Gasteiger partial charge in [-0.3, -0.25) is 0 Å². The Bertz CT molecular complexity index is 514. The predicted octanol–water partition coefficient (Wildman–Crippen LogP) is 7.29. The molecule has 2 aliphatic rings. The van der Waals surface area contributed by atoms with Crippen LogP contribution in [-0.2, 0) is 8.85 Å². The molecule has 0 radical (unpaired) electrons. The maximum atomic E-state index is 6.92. The van der Waals surface area contributed by atoms with Crippen molar-refractivity contribution in [3.8, 4) is 0 Å². The minimum absolute atomic E-state index is 0.132. The van der Waals surface area contributed by atoms with Crippen molar-refractivity contribution in [2.45, 2.75) is 107 Å². The maximum absolute atomic E-state index is 6.92. The highest BCUT2D eigenvalue weighted by molar-refractivity contribution is 8.21. The van der Waals surface area contributed by atoms with E-state index in [1.807, 2.05) is 0 Å². The van der Waals surface area contributed by atoms with Gasteiger partial charge >= 0.3 is 0 Å². The first-order valence-corrected chi connectivity index (χ1v) is 18.1. The first-order chi connectivity index (χ1) is 12.0. The summed E-state index contributed by atoms with van der Waals surface area (Å²) in [4.78, 5) is 0. The van der Waals surface area contributed by atoms with E-state index < -0.39 is 16.6 Å². The SMILES string of the molecule is C=C1[C@@H](O[Si](C)(C)C(C)(C)C)CC2(C[C@H]1O[Si](C)(C)C(C)(C)C)SCCS2. The van der Waals surface area contributed by atoms with E-state index in [-0.39, 0.29) is 26.4 Å². The Morgan fingerprint density at radius 1 is 0.815 bits per heavy atom. The summed E-state index contributed by atoms with van der Waals surface area (Å²) in [5.41, 5.74) is 1.20. The van der Waals surface area contributed by atoms with Gasteiger partial charge in [0.1, 0.15) is 0 Å². The lowest BCUT2D eigenvalue weighted by Gasteiger charge is -2.49. The summed E-state index contributed by atoms with van der Waals surface area (Å²) in [6.45, 7) is 27.9. The Morgan fingerprint density at radius 3 is 1.44 bits per heavy atom. The molecular weight excluding hydrogens is 405 g/mol. The maximum Gasteiger partial charge on any atom is 0.192 e. The average Bonchev–Trinajstić information content (AvgIpc) is 2.89. The van der Waals surface area contributed by atoms with E-state index in [1.165, 1.54) is 17.1 Å². The summed E-state index contributed by atoms with van der Waals surface area (Å²) in [5.74, 6) is 2.49. The predicted molar refractivity (Wildman–Crippen MR) is 130 cm³/mol. The Morgan fingerprint density at radius 2 is 1.15 bits per heavy atom. The van der Waals surface area contributed by atoms with Crippen LogP contribution in [0.15, 0.2) is 12.2 Å². The van der Waals surface area contributed by atoms with E-state index in [1.54, 1.807) is 0 Å². The van der Waals surface area contributed by atoms with Crippen LogP contribution in [0.5, 0.6) is 0 Å². The van der Waals surface area contributed by atoms with Crippen molar-refractivity contribution < 1.29 is 8.85 Å². The van der Waals surface area contributed by atoms with Crippen LogP contribution < -0.4 is 0 Å². The van der Waals surface area contributed by atoms with Crippen LogP contribution in [0.4, 0.5) is 0 Å². The fourth-order valence-corrected chi connectivity index (χ4v) is 9.07. The molecule has 1 saturated carbocycles. The van der Waals surface area contributed by atoms with Crippen molar-refractivity contribution in [3.05, 3.63) is 12.2 Å². The van der Waals surface area contributed by atoms with Crippen LogP contribution in [0.1, 0.15) is 54.4 Å². The number of thioether (sulfide) groups is 2. The highest BCUT2D eigenvalue weighted by atomic mass is 32.2. The molecule has 2 fully saturated rings. The standard InChI is InChI=1S/C21H42O2S2Si2/c1-16-17(22-26(8,9)19(2,3)4)14-21(24-12-13-25-21)15-18(16)23-27(10,11)20(5,6)7/h17-18H,1,12-15H2,2-11H3/t17-,18+. The smallest absolute Gasteiger partial charge is 0.192 e. The molecule has 1 aliphatic heterocycles. The minimum Gasteiger partial charge on any atom is -0.410 e. The van der Waals surface area contributed by atoms with Crippen molar-refractivity contribution in [1.82, 2.24) is 0 Å². The Balaban J connectivity index is 2.29. The zero-order valence-corrected chi connectivity index (χ0v) is 23.0. The molecule has 1 aliphatic carbocycles. The number of rotatable bonds is 4. The van der Waals surface area contributed by atoms with Gasteiger partial charge in [-0.25, -0.2) is 0 Å². The van der Waals surface area contributed by atoms with E-state index in [2.05, 4.69) is 97.8 Å². The highest BCUT2D eigenvalue weighted by Crippen LogP contribution is 2.56. The fraction of sp³-hybridized carbons (Fsp3) is 0.905. The van der Waals surface area contributed by atoms with Gasteiger partial charge in [0, 0.05) is 24.3 Å². The molecule has 0 unspecified atom stereocenters. The van der Waals surface area contributed by atoms with E-state index in [0.717, 1.165) is 12.8 Å². The first-order valence-electron chi connectivity index (χ1n) is 10.3. The molecular formula is C21H42O2S2Si2. The van der Waals surface area contributed by atoms with Crippen LogP contribution >= 0.6 is 23.5 Å². The third kappa shape index (κ3) is 5.29. The summed E-state index contributed by atoms with van der Waals surface area (Å²) in [7, 11) is -3.70. The molecule has 0 amide bonds. The largest absolute Gasteiger partial charge is 0.410 e. The molecule has 158 valence electrons. The van der Waals surface area contributed by atoms with Crippen molar-refractivity contribution in [2.75, 3.05) is 11.5 Å². The molecule has 0 aromatic heterocycles. The highest BCUT2D eigenvalue weighted by Gasteiger charge is 2.51. The van der Waals surface area contributed by atoms with E-state index in [9.17, 15) is 0 Å². The van der Waals surface area contributed by atoms with Gasteiger partial charge < -0.3 is 8.85 Å². The Kier molecular flexibility index (Phi) is 6.96. The summed E-state index contributed by atoms with van der Waals surface area (Å²) < 4.78 is 14.1. The molecule has 0 aromatic carbocycles. The second-order valence-corrected chi connectivity index (χ2v) is 24.1. The number of hydrogen-bond acceptors (Lipinski definition) is 4. The normalized spacial score (nSPS) is 27.4. The summed E-state index contributed by atoms with van der Waals surface area (Å²) in [5, 5.41) is 0.424. The minimum atomic E-state index is -1.85. The average molecular weight is 447 g/mol. The van der Waals surface area contributed by atoms with Crippen LogP contribution in [0.25, 0.3) is 0 Å². The van der Waals surface area contributed by atoms with Gasteiger partial charge in [-0.2, -0.15) is 0 Å². The number of hydrogen-bond donors (Lipinski definition) is 0. The molecule has 6 heteroatoms. The summed E-state index contributed by atoms with van der Waals surface area (Å²) in [6, 6.07) is 0. The molecule has 0 aromatic rings. The molecule has 2 rings (SSSR count). The van der Waals surface area contributed by atoms with Gasteiger partial charge in [-0.05, 0) is 41.8 Å². The van der Waals surface area contributed by atoms with Crippen molar-refractivity contribution in [2.24, 2.45) is 0 Å². The van der Waals surface area contributed by atoms with Crippen LogP contribution in [0, 0.1) is 0 Å². The van der Waals surface area contributed by atoms with Gasteiger partial charge in [0.2, 0.25) is 0 Å². The van der Waals surface area contributed by atoms with E-state index in [4.69, 9.17) is 8.85 Å². The molecule has 0 N–H and O–H groups in total. The lowest BCUT2D eigenvalue weighted by atomic mass is 9.90. The molecule has 1 saturated heterocycles. The van der Waals surface area contributed by atoms with Gasteiger partial charge in [0.15, 0.2) is 16.6 Å². The Hall–Kier alpha value is 0.794. The Labute approximate surface area is 179 Å². The van der Waals surface area contributed by atoms with Gasteiger partial charge in [-0.15, -0.1) is 23.5 Å². The third-order valence-corrected chi connectivity index (χ3v) is 19.6. The molecule has 2 atom stereocenters. The lowest BCUT2D eigenvalue weighted by molar-refractivity contribution is 0.109. The van der Waals surface area contributed by atoms with E-state index in [0.29, 0.717) is 0 Å². The van der Waals surface area contributed by atoms with Crippen molar-refractivity contribution >= 4 is 40.2 Å². The first kappa shape index (κ1) is 24.1. The quantitative estimate of drug-likeness (QED) is 0.333. The lowest BCUT2D eigenvalue weighted by Crippen LogP contribution is -2.53. The van der Waals surface area contributed by atoms with Gasteiger partial charge in [0.25, 0.3) is 0 Å².